The Morgan fingerprint density at radius 2 is 2.00 bits per heavy atom. The van der Waals surface area contributed by atoms with Crippen molar-refractivity contribution >= 4 is 11.9 Å². The first-order chi connectivity index (χ1) is 7.18. The first-order valence-electron chi connectivity index (χ1n) is 5.03. The predicted molar refractivity (Wildman–Crippen MR) is 52.0 cm³/mol. The number of amides is 1. The highest BCUT2D eigenvalue weighted by Crippen LogP contribution is 2.06. The van der Waals surface area contributed by atoms with Gasteiger partial charge in [-0.1, -0.05) is 0 Å². The van der Waals surface area contributed by atoms with E-state index in [1.165, 1.54) is 12.8 Å². The van der Waals surface area contributed by atoms with E-state index in [1.54, 1.807) is 0 Å². The van der Waals surface area contributed by atoms with Crippen molar-refractivity contribution in [1.29, 1.82) is 0 Å². The van der Waals surface area contributed by atoms with Crippen molar-refractivity contribution in [3.63, 3.8) is 0 Å². The van der Waals surface area contributed by atoms with Gasteiger partial charge in [-0.25, -0.2) is 10.3 Å². The summed E-state index contributed by atoms with van der Waals surface area (Å²) in [6.45, 7) is 2.30. The quantitative estimate of drug-likeness (QED) is 0.591. The Bertz CT molecular complexity index is 226. The molecule has 0 aromatic heterocycles. The van der Waals surface area contributed by atoms with Gasteiger partial charge in [0.25, 0.3) is 0 Å². The van der Waals surface area contributed by atoms with Gasteiger partial charge in [-0.3, -0.25) is 9.63 Å². The number of carbonyl (C=O) groups is 2. The zero-order chi connectivity index (χ0) is 11.1. The summed E-state index contributed by atoms with van der Waals surface area (Å²) in [5.74, 6) is -1.38. The molecule has 0 aromatic carbocycles. The van der Waals surface area contributed by atoms with E-state index >= 15 is 0 Å². The largest absolute Gasteiger partial charge is 0.479 e. The minimum absolute atomic E-state index is 0.275. The topological polar surface area (TPSA) is 78.9 Å². The van der Waals surface area contributed by atoms with Gasteiger partial charge in [-0.05, 0) is 25.9 Å². The Kier molecular flexibility index (Phi) is 5.06. The fourth-order valence-corrected chi connectivity index (χ4v) is 1.50. The van der Waals surface area contributed by atoms with Crippen molar-refractivity contribution in [2.75, 3.05) is 26.2 Å². The van der Waals surface area contributed by atoms with Gasteiger partial charge in [0.2, 0.25) is 5.91 Å². The van der Waals surface area contributed by atoms with Crippen LogP contribution in [0.15, 0.2) is 0 Å². The number of aliphatic carboxylic acids is 1. The number of likely N-dealkylation sites (tertiary alicyclic amines) is 1. The molecule has 1 amide bonds. The first kappa shape index (κ1) is 11.9. The monoisotopic (exact) mass is 216 g/mol. The van der Waals surface area contributed by atoms with E-state index < -0.39 is 12.6 Å². The first-order valence-corrected chi connectivity index (χ1v) is 5.03. The number of hydroxylamine groups is 1. The molecule has 86 valence electrons. The lowest BCUT2D eigenvalue weighted by molar-refractivity contribution is -0.149. The van der Waals surface area contributed by atoms with Crippen LogP contribution in [0.5, 0.6) is 0 Å². The van der Waals surface area contributed by atoms with Crippen LogP contribution in [0.1, 0.15) is 19.3 Å². The summed E-state index contributed by atoms with van der Waals surface area (Å²) in [7, 11) is 0. The Balaban J connectivity index is 2.00. The van der Waals surface area contributed by atoms with Crippen LogP contribution in [0.3, 0.4) is 0 Å². The molecule has 1 heterocycles. The van der Waals surface area contributed by atoms with Crippen molar-refractivity contribution in [3.8, 4) is 0 Å². The molecule has 0 unspecified atom stereocenters. The van der Waals surface area contributed by atoms with Gasteiger partial charge in [0.1, 0.15) is 0 Å². The lowest BCUT2D eigenvalue weighted by Gasteiger charge is -2.13. The molecule has 6 nitrogen and oxygen atoms in total. The Morgan fingerprint density at radius 3 is 2.60 bits per heavy atom. The van der Waals surface area contributed by atoms with E-state index in [1.807, 2.05) is 0 Å². The molecule has 0 aliphatic carbocycles. The average molecular weight is 216 g/mol. The van der Waals surface area contributed by atoms with Crippen LogP contribution in [-0.4, -0.2) is 48.1 Å². The normalized spacial score (nSPS) is 16.5. The zero-order valence-electron chi connectivity index (χ0n) is 8.57. The number of nitrogens with one attached hydrogen (secondary N) is 1. The number of carboxylic acid groups (broad SMARTS) is 1. The molecule has 1 aliphatic rings. The number of carbonyl (C=O) groups excluding carboxylic acids is 1. The van der Waals surface area contributed by atoms with Gasteiger partial charge in [-0.2, -0.15) is 0 Å². The molecular weight excluding hydrogens is 200 g/mol. The highest BCUT2D eigenvalue weighted by molar-refractivity contribution is 5.75. The van der Waals surface area contributed by atoms with Gasteiger partial charge >= 0.3 is 5.97 Å². The summed E-state index contributed by atoms with van der Waals surface area (Å²) in [5, 5.41) is 8.24. The van der Waals surface area contributed by atoms with Crippen molar-refractivity contribution in [1.82, 2.24) is 10.4 Å². The summed E-state index contributed by atoms with van der Waals surface area (Å²) in [4.78, 5) is 27.8. The number of nitrogens with zero attached hydrogens (tertiary/aromatic N) is 1. The summed E-state index contributed by atoms with van der Waals surface area (Å²) in [5.41, 5.74) is 2.09. The van der Waals surface area contributed by atoms with E-state index in [2.05, 4.69) is 15.2 Å². The second-order valence-corrected chi connectivity index (χ2v) is 3.51. The molecule has 6 heteroatoms. The van der Waals surface area contributed by atoms with Gasteiger partial charge < -0.3 is 10.0 Å². The number of rotatable bonds is 6. The van der Waals surface area contributed by atoms with Crippen LogP contribution < -0.4 is 5.48 Å². The minimum atomic E-state index is -1.10. The Hall–Kier alpha value is -1.14. The van der Waals surface area contributed by atoms with Crippen LogP contribution in [-0.2, 0) is 14.4 Å². The highest BCUT2D eigenvalue weighted by atomic mass is 16.7. The van der Waals surface area contributed by atoms with Crippen molar-refractivity contribution in [3.05, 3.63) is 0 Å². The summed E-state index contributed by atoms with van der Waals surface area (Å²) in [6, 6.07) is 0. The number of hydrogen-bond donors (Lipinski definition) is 2. The van der Waals surface area contributed by atoms with Crippen molar-refractivity contribution in [2.45, 2.75) is 19.3 Å². The Labute approximate surface area is 88.1 Å². The van der Waals surface area contributed by atoms with E-state index in [0.29, 0.717) is 13.0 Å². The molecular formula is C9H16N2O4. The predicted octanol–water partition coefficient (Wildman–Crippen LogP) is -0.395. The summed E-state index contributed by atoms with van der Waals surface area (Å²) in [6.07, 6.45) is 2.73. The maximum Gasteiger partial charge on any atom is 0.332 e. The third-order valence-corrected chi connectivity index (χ3v) is 2.24. The van der Waals surface area contributed by atoms with E-state index in [4.69, 9.17) is 5.11 Å². The standard InChI is InChI=1S/C9H16N2O4/c12-8(10-15-7-9(13)14)3-6-11-4-1-2-5-11/h1-7H2,(H,10,12)(H,13,14). The SMILES string of the molecule is O=C(O)CONC(=O)CCN1CCCC1. The molecule has 2 N–H and O–H groups in total. The van der Waals surface area contributed by atoms with Gasteiger partial charge in [0.05, 0.1) is 0 Å². The van der Waals surface area contributed by atoms with E-state index in [-0.39, 0.29) is 5.91 Å². The fourth-order valence-electron chi connectivity index (χ4n) is 1.50. The Morgan fingerprint density at radius 1 is 1.33 bits per heavy atom. The maximum atomic E-state index is 11.1. The van der Waals surface area contributed by atoms with E-state index in [0.717, 1.165) is 13.1 Å². The fraction of sp³-hybridized carbons (Fsp3) is 0.778. The molecule has 1 aliphatic heterocycles. The van der Waals surface area contributed by atoms with Crippen LogP contribution in [0.4, 0.5) is 0 Å². The van der Waals surface area contributed by atoms with Crippen LogP contribution in [0, 0.1) is 0 Å². The van der Waals surface area contributed by atoms with Crippen LogP contribution in [0.25, 0.3) is 0 Å². The van der Waals surface area contributed by atoms with E-state index in [9.17, 15) is 9.59 Å². The molecule has 0 aromatic rings. The molecule has 15 heavy (non-hydrogen) atoms. The van der Waals surface area contributed by atoms with Crippen molar-refractivity contribution in [2.24, 2.45) is 0 Å². The molecule has 1 saturated heterocycles. The average Bonchev–Trinajstić information content (AvgIpc) is 2.66. The molecule has 0 radical (unpaired) electrons. The number of carboxylic acids is 1. The van der Waals surface area contributed by atoms with Gasteiger partial charge in [0, 0.05) is 13.0 Å². The molecule has 0 bridgehead atoms. The molecule has 1 rings (SSSR count). The third-order valence-electron chi connectivity index (χ3n) is 2.24. The maximum absolute atomic E-state index is 11.1. The zero-order valence-corrected chi connectivity index (χ0v) is 8.57. The molecule has 0 atom stereocenters. The lowest BCUT2D eigenvalue weighted by Crippen LogP contribution is -2.30. The third kappa shape index (κ3) is 5.34. The highest BCUT2D eigenvalue weighted by Gasteiger charge is 2.12. The minimum Gasteiger partial charge on any atom is -0.479 e. The number of hydrogen-bond acceptors (Lipinski definition) is 4. The van der Waals surface area contributed by atoms with Crippen LogP contribution in [0.2, 0.25) is 0 Å². The molecule has 0 saturated carbocycles. The van der Waals surface area contributed by atoms with Crippen LogP contribution >= 0.6 is 0 Å². The van der Waals surface area contributed by atoms with Gasteiger partial charge in [-0.15, -0.1) is 0 Å². The molecule has 0 spiro atoms. The molecule has 1 fully saturated rings. The summed E-state index contributed by atoms with van der Waals surface area (Å²) < 4.78 is 0. The second kappa shape index (κ2) is 6.36. The van der Waals surface area contributed by atoms with Gasteiger partial charge in [0.15, 0.2) is 6.61 Å². The second-order valence-electron chi connectivity index (χ2n) is 3.51. The smallest absolute Gasteiger partial charge is 0.332 e. The lowest BCUT2D eigenvalue weighted by atomic mass is 10.4. The summed E-state index contributed by atoms with van der Waals surface area (Å²) >= 11 is 0. The van der Waals surface area contributed by atoms with Crippen molar-refractivity contribution < 1.29 is 19.5 Å².